The van der Waals surface area contributed by atoms with Crippen molar-refractivity contribution in [3.8, 4) is 0 Å². The molecule has 0 spiro atoms. The van der Waals surface area contributed by atoms with E-state index in [0.717, 1.165) is 30.9 Å². The summed E-state index contributed by atoms with van der Waals surface area (Å²) < 4.78 is 13.6. The van der Waals surface area contributed by atoms with Gasteiger partial charge in [-0.15, -0.1) is 0 Å². The van der Waals surface area contributed by atoms with Crippen LogP contribution in [0.4, 0.5) is 4.39 Å². The first-order valence-corrected chi connectivity index (χ1v) is 8.01. The molecule has 4 heteroatoms. The van der Waals surface area contributed by atoms with Crippen LogP contribution in [0.25, 0.3) is 0 Å². The highest BCUT2D eigenvalue weighted by Gasteiger charge is 2.43. The summed E-state index contributed by atoms with van der Waals surface area (Å²) in [5.74, 6) is 0.527. The Hall–Kier alpha value is -1.00. The molecule has 0 saturated heterocycles. The Labute approximate surface area is 127 Å². The lowest BCUT2D eigenvalue weighted by molar-refractivity contribution is 0.0432. The Morgan fingerprint density at radius 1 is 1.38 bits per heavy atom. The molecule has 1 N–H and O–H groups in total. The lowest BCUT2D eigenvalue weighted by Crippen LogP contribution is -2.55. The number of nitrogens with zero attached hydrogens (tertiary/aromatic N) is 2. The summed E-state index contributed by atoms with van der Waals surface area (Å²) in [6.07, 6.45) is 7.80. The lowest BCUT2D eigenvalue weighted by Gasteiger charge is -2.50. The third-order valence-corrected chi connectivity index (χ3v) is 5.04. The van der Waals surface area contributed by atoms with E-state index in [1.165, 1.54) is 19.0 Å². The minimum absolute atomic E-state index is 0.0397. The Kier molecular flexibility index (Phi) is 5.33. The van der Waals surface area contributed by atoms with E-state index in [2.05, 4.69) is 43.1 Å². The van der Waals surface area contributed by atoms with Gasteiger partial charge in [-0.1, -0.05) is 13.8 Å². The number of likely N-dealkylation sites (N-methyl/N-ethyl adjacent to an activating group) is 2. The van der Waals surface area contributed by atoms with Crippen LogP contribution in [0.5, 0.6) is 0 Å². The van der Waals surface area contributed by atoms with Gasteiger partial charge in [-0.3, -0.25) is 4.98 Å². The topological polar surface area (TPSA) is 28.2 Å². The Morgan fingerprint density at radius 2 is 2.05 bits per heavy atom. The van der Waals surface area contributed by atoms with E-state index in [4.69, 9.17) is 0 Å². The molecule has 0 bridgehead atoms. The molecule has 0 aliphatic heterocycles. The smallest absolute Gasteiger partial charge is 0.141 e. The first-order valence-electron chi connectivity index (χ1n) is 8.01. The normalized spacial score (nSPS) is 27.8. The van der Waals surface area contributed by atoms with Crippen molar-refractivity contribution in [1.82, 2.24) is 15.2 Å². The number of rotatable bonds is 5. The molecular weight excluding hydrogens is 265 g/mol. The van der Waals surface area contributed by atoms with Gasteiger partial charge in [-0.25, -0.2) is 4.39 Å². The fourth-order valence-corrected chi connectivity index (χ4v) is 3.66. The van der Waals surface area contributed by atoms with Gasteiger partial charge < -0.3 is 10.2 Å². The van der Waals surface area contributed by atoms with E-state index in [1.807, 2.05) is 0 Å². The molecule has 1 atom stereocenters. The first-order chi connectivity index (χ1) is 9.99. The van der Waals surface area contributed by atoms with Gasteiger partial charge in [0.2, 0.25) is 0 Å². The maximum Gasteiger partial charge on any atom is 0.141 e. The predicted octanol–water partition coefficient (Wildman–Crippen LogP) is 3.38. The van der Waals surface area contributed by atoms with Gasteiger partial charge in [0.1, 0.15) is 5.82 Å². The Bertz CT molecular complexity index is 453. The monoisotopic (exact) mass is 293 g/mol. The molecule has 118 valence electrons. The molecular formula is C17H28FN3. The molecule has 2 rings (SSSR count). The van der Waals surface area contributed by atoms with E-state index >= 15 is 0 Å². The van der Waals surface area contributed by atoms with E-state index in [0.29, 0.717) is 0 Å². The Morgan fingerprint density at radius 3 is 2.57 bits per heavy atom. The molecule has 21 heavy (non-hydrogen) atoms. The third-order valence-electron chi connectivity index (χ3n) is 5.04. The van der Waals surface area contributed by atoms with Gasteiger partial charge in [0.15, 0.2) is 0 Å². The van der Waals surface area contributed by atoms with Crippen molar-refractivity contribution in [2.75, 3.05) is 20.6 Å². The summed E-state index contributed by atoms with van der Waals surface area (Å²) in [5.41, 5.74) is 0.998. The van der Waals surface area contributed by atoms with Crippen molar-refractivity contribution in [2.24, 2.45) is 5.92 Å². The van der Waals surface area contributed by atoms with Crippen molar-refractivity contribution in [2.45, 2.75) is 51.1 Å². The fourth-order valence-electron chi connectivity index (χ4n) is 3.66. The standard InChI is InChI=1S/C17H28FN3/c1-5-20-16(14-10-15(18)12-19-11-14)17(21(3)4)8-6-13(2)7-9-17/h10-13,16,20H,5-9H2,1-4H3. The second-order valence-corrected chi connectivity index (χ2v) is 6.61. The van der Waals surface area contributed by atoms with Crippen LogP contribution in [0, 0.1) is 11.7 Å². The van der Waals surface area contributed by atoms with Crippen molar-refractivity contribution in [1.29, 1.82) is 0 Å². The number of aromatic nitrogens is 1. The molecule has 1 aromatic heterocycles. The largest absolute Gasteiger partial charge is 0.309 e. The summed E-state index contributed by atoms with van der Waals surface area (Å²) >= 11 is 0. The quantitative estimate of drug-likeness (QED) is 0.902. The zero-order valence-corrected chi connectivity index (χ0v) is 13.7. The highest BCUT2D eigenvalue weighted by atomic mass is 19.1. The van der Waals surface area contributed by atoms with Gasteiger partial charge in [0.25, 0.3) is 0 Å². The third kappa shape index (κ3) is 3.43. The van der Waals surface area contributed by atoms with E-state index < -0.39 is 0 Å². The van der Waals surface area contributed by atoms with Crippen molar-refractivity contribution >= 4 is 0 Å². The number of halogens is 1. The lowest BCUT2D eigenvalue weighted by atomic mass is 9.70. The Balaban J connectivity index is 2.37. The highest BCUT2D eigenvalue weighted by Crippen LogP contribution is 2.43. The number of pyridine rings is 1. The summed E-state index contributed by atoms with van der Waals surface area (Å²) in [5, 5.41) is 3.58. The van der Waals surface area contributed by atoms with Crippen LogP contribution in [0.15, 0.2) is 18.5 Å². The van der Waals surface area contributed by atoms with Crippen LogP contribution < -0.4 is 5.32 Å². The predicted molar refractivity (Wildman–Crippen MR) is 84.7 cm³/mol. The SMILES string of the molecule is CCNC(c1cncc(F)c1)C1(N(C)C)CCC(C)CC1. The maximum atomic E-state index is 13.6. The number of hydrogen-bond acceptors (Lipinski definition) is 3. The fraction of sp³-hybridized carbons (Fsp3) is 0.706. The first kappa shape index (κ1) is 16.4. The summed E-state index contributed by atoms with van der Waals surface area (Å²) in [6, 6.07) is 1.75. The van der Waals surface area contributed by atoms with Crippen LogP contribution in [0.1, 0.15) is 51.1 Å². The average molecular weight is 293 g/mol. The van der Waals surface area contributed by atoms with Crippen LogP contribution in [0.3, 0.4) is 0 Å². The summed E-state index contributed by atoms with van der Waals surface area (Å²) in [6.45, 7) is 5.30. The molecule has 0 amide bonds. The molecule has 3 nitrogen and oxygen atoms in total. The molecule has 1 aliphatic carbocycles. The second-order valence-electron chi connectivity index (χ2n) is 6.61. The number of nitrogens with one attached hydrogen (secondary N) is 1. The zero-order chi connectivity index (χ0) is 15.5. The highest BCUT2D eigenvalue weighted by molar-refractivity contribution is 5.21. The number of hydrogen-bond donors (Lipinski definition) is 1. The van der Waals surface area contributed by atoms with Crippen molar-refractivity contribution in [3.63, 3.8) is 0 Å². The molecule has 0 radical (unpaired) electrons. The van der Waals surface area contributed by atoms with Crippen molar-refractivity contribution < 1.29 is 4.39 Å². The molecule has 1 heterocycles. The van der Waals surface area contributed by atoms with Gasteiger partial charge in [0, 0.05) is 11.7 Å². The molecule has 1 saturated carbocycles. The summed E-state index contributed by atoms with van der Waals surface area (Å²) in [7, 11) is 4.29. The zero-order valence-electron chi connectivity index (χ0n) is 13.7. The average Bonchev–Trinajstić information content (AvgIpc) is 2.46. The molecule has 1 aliphatic rings. The van der Waals surface area contributed by atoms with Crippen molar-refractivity contribution in [3.05, 3.63) is 29.8 Å². The van der Waals surface area contributed by atoms with E-state index in [1.54, 1.807) is 12.3 Å². The van der Waals surface area contributed by atoms with Gasteiger partial charge in [-0.2, -0.15) is 0 Å². The molecule has 1 unspecified atom stereocenters. The van der Waals surface area contributed by atoms with Crippen LogP contribution in [0.2, 0.25) is 0 Å². The van der Waals surface area contributed by atoms with Gasteiger partial charge in [-0.05, 0) is 63.9 Å². The second kappa shape index (κ2) is 6.84. The van der Waals surface area contributed by atoms with Gasteiger partial charge >= 0.3 is 0 Å². The van der Waals surface area contributed by atoms with E-state index in [9.17, 15) is 4.39 Å². The van der Waals surface area contributed by atoms with Crippen LogP contribution in [-0.4, -0.2) is 36.1 Å². The summed E-state index contributed by atoms with van der Waals surface area (Å²) in [4.78, 5) is 6.38. The van der Waals surface area contributed by atoms with E-state index in [-0.39, 0.29) is 17.4 Å². The molecule has 0 aromatic carbocycles. The van der Waals surface area contributed by atoms with Crippen LogP contribution in [-0.2, 0) is 0 Å². The molecule has 1 fully saturated rings. The molecule has 1 aromatic rings. The minimum atomic E-state index is -0.256. The van der Waals surface area contributed by atoms with Gasteiger partial charge in [0.05, 0.1) is 12.2 Å². The maximum absolute atomic E-state index is 13.6. The minimum Gasteiger partial charge on any atom is -0.309 e. The van der Waals surface area contributed by atoms with Crippen LogP contribution >= 0.6 is 0 Å².